The van der Waals surface area contributed by atoms with E-state index in [2.05, 4.69) is 4.99 Å². The summed E-state index contributed by atoms with van der Waals surface area (Å²) in [4.78, 5) is 16.6. The monoisotopic (exact) mass is 335 g/mol. The molecule has 1 aliphatic carbocycles. The summed E-state index contributed by atoms with van der Waals surface area (Å²) in [7, 11) is 1.75. The van der Waals surface area contributed by atoms with Gasteiger partial charge in [0, 0.05) is 5.71 Å². The minimum absolute atomic E-state index is 0.0219. The lowest BCUT2D eigenvalue weighted by Gasteiger charge is -2.20. The van der Waals surface area contributed by atoms with Gasteiger partial charge >= 0.3 is 5.30 Å². The molecule has 0 bridgehead atoms. The molecule has 0 saturated heterocycles. The Bertz CT molecular complexity index is 640. The highest BCUT2D eigenvalue weighted by Gasteiger charge is 2.28. The van der Waals surface area contributed by atoms with Gasteiger partial charge in [-0.3, -0.25) is 4.99 Å². The third-order valence-corrected chi connectivity index (χ3v) is 4.71. The number of carbonyl (C=O) groups excluding carboxylic acids is 1. The lowest BCUT2D eigenvalue weighted by Crippen LogP contribution is -2.23. The van der Waals surface area contributed by atoms with Gasteiger partial charge in [0.1, 0.15) is 19.3 Å². The minimum Gasteiger partial charge on any atom is -0.452 e. The summed E-state index contributed by atoms with van der Waals surface area (Å²) in [5, 5.41) is -0.252. The normalized spacial score (nSPS) is 20.0. The molecule has 6 heteroatoms. The molecule has 0 aliphatic heterocycles. The summed E-state index contributed by atoms with van der Waals surface area (Å²) < 4.78 is 19.1. The molecule has 1 aromatic carbocycles. The Hall–Kier alpha value is -1.30. The number of hydrogen-bond acceptors (Lipinski definition) is 4. The number of rotatable bonds is 2. The molecule has 0 heterocycles. The number of halogens is 1. The lowest BCUT2D eigenvalue weighted by molar-refractivity contribution is 0.0737. The number of carbonyl (C=O) groups is 1. The van der Waals surface area contributed by atoms with Crippen molar-refractivity contribution in [2.24, 2.45) is 4.99 Å². The van der Waals surface area contributed by atoms with E-state index in [1.807, 2.05) is 27.7 Å². The van der Waals surface area contributed by atoms with Crippen LogP contribution in [0.5, 0.6) is 0 Å². The van der Waals surface area contributed by atoms with Gasteiger partial charge in [0.25, 0.3) is 0 Å². The van der Waals surface area contributed by atoms with Crippen LogP contribution in [0.25, 0.3) is 0 Å². The molecule has 1 atom stereocenters. The molecule has 124 valence electrons. The third-order valence-electron chi connectivity index (χ3n) is 3.64. The van der Waals surface area contributed by atoms with Crippen LogP contribution < -0.4 is 5.46 Å². The number of thioether (sulfide) groups is 1. The summed E-state index contributed by atoms with van der Waals surface area (Å²) in [6, 6.07) is 3.28. The van der Waals surface area contributed by atoms with E-state index in [1.54, 1.807) is 13.9 Å². The Labute approximate surface area is 142 Å². The fourth-order valence-corrected chi connectivity index (χ4v) is 3.65. The smallest absolute Gasteiger partial charge is 0.368 e. The van der Waals surface area contributed by atoms with Crippen molar-refractivity contribution in [1.82, 2.24) is 0 Å². The molecule has 1 saturated carbocycles. The Balaban J connectivity index is 2.15. The minimum atomic E-state index is -0.489. The van der Waals surface area contributed by atoms with Crippen molar-refractivity contribution in [1.29, 1.82) is 0 Å². The van der Waals surface area contributed by atoms with Gasteiger partial charge in [-0.2, -0.15) is 0 Å². The zero-order chi connectivity index (χ0) is 17.2. The SMILES string of the molecule is Bc1cc(C)c(/N=C2\CCCC2SC(=O)OC(C)(C)C)cc1F. The van der Waals surface area contributed by atoms with Crippen LogP contribution in [-0.4, -0.2) is 29.7 Å². The highest BCUT2D eigenvalue weighted by molar-refractivity contribution is 8.14. The molecule has 0 spiro atoms. The van der Waals surface area contributed by atoms with Crippen molar-refractivity contribution in [3.05, 3.63) is 23.5 Å². The average Bonchev–Trinajstić information content (AvgIpc) is 2.81. The Morgan fingerprint density at radius 2 is 2.13 bits per heavy atom. The van der Waals surface area contributed by atoms with Crippen molar-refractivity contribution in [2.45, 2.75) is 57.8 Å². The quantitative estimate of drug-likeness (QED) is 0.611. The van der Waals surface area contributed by atoms with Gasteiger partial charge in [-0.1, -0.05) is 11.5 Å². The van der Waals surface area contributed by atoms with Crippen LogP contribution >= 0.6 is 11.8 Å². The number of benzene rings is 1. The molecule has 0 amide bonds. The zero-order valence-electron chi connectivity index (χ0n) is 14.4. The summed E-state index contributed by atoms with van der Waals surface area (Å²) >= 11 is 1.19. The second-order valence-electron chi connectivity index (χ2n) is 6.95. The third kappa shape index (κ3) is 5.10. The molecule has 0 N–H and O–H groups in total. The van der Waals surface area contributed by atoms with Crippen molar-refractivity contribution in [3.63, 3.8) is 0 Å². The molecule has 1 fully saturated rings. The van der Waals surface area contributed by atoms with E-state index in [1.165, 1.54) is 17.8 Å². The Kier molecular flexibility index (Phi) is 5.55. The van der Waals surface area contributed by atoms with Crippen LogP contribution in [0.4, 0.5) is 14.9 Å². The summed E-state index contributed by atoms with van der Waals surface area (Å²) in [5.74, 6) is -0.246. The van der Waals surface area contributed by atoms with Gasteiger partial charge in [-0.05, 0) is 70.3 Å². The fraction of sp³-hybridized carbons (Fsp3) is 0.529. The van der Waals surface area contributed by atoms with Crippen LogP contribution in [-0.2, 0) is 4.74 Å². The van der Waals surface area contributed by atoms with Gasteiger partial charge in [0.15, 0.2) is 0 Å². The van der Waals surface area contributed by atoms with E-state index in [9.17, 15) is 9.18 Å². The molecule has 23 heavy (non-hydrogen) atoms. The van der Waals surface area contributed by atoms with Gasteiger partial charge in [0.05, 0.1) is 10.9 Å². The van der Waals surface area contributed by atoms with Crippen LogP contribution in [0.15, 0.2) is 17.1 Å². The lowest BCUT2D eigenvalue weighted by atomic mass is 9.93. The Morgan fingerprint density at radius 3 is 2.78 bits per heavy atom. The van der Waals surface area contributed by atoms with Crippen LogP contribution in [0.2, 0.25) is 0 Å². The van der Waals surface area contributed by atoms with E-state index < -0.39 is 5.60 Å². The van der Waals surface area contributed by atoms with Crippen molar-refractivity contribution in [3.8, 4) is 0 Å². The highest BCUT2D eigenvalue weighted by atomic mass is 32.2. The van der Waals surface area contributed by atoms with Gasteiger partial charge in [-0.15, -0.1) is 0 Å². The van der Waals surface area contributed by atoms with Gasteiger partial charge in [0.2, 0.25) is 0 Å². The number of nitrogens with zero attached hydrogens (tertiary/aromatic N) is 1. The maximum Gasteiger partial charge on any atom is 0.368 e. The first-order chi connectivity index (χ1) is 10.7. The van der Waals surface area contributed by atoms with E-state index >= 15 is 0 Å². The molecule has 1 aliphatic rings. The molecular formula is C17H23BFNO2S. The fourth-order valence-electron chi connectivity index (χ4n) is 2.53. The second kappa shape index (κ2) is 7.08. The van der Waals surface area contributed by atoms with Crippen LogP contribution in [0, 0.1) is 12.7 Å². The second-order valence-corrected chi connectivity index (χ2v) is 8.09. The van der Waals surface area contributed by atoms with E-state index in [0.29, 0.717) is 11.2 Å². The van der Waals surface area contributed by atoms with Gasteiger partial charge in [-0.25, -0.2) is 9.18 Å². The Morgan fingerprint density at radius 1 is 1.43 bits per heavy atom. The van der Waals surface area contributed by atoms with Crippen molar-refractivity contribution < 1.29 is 13.9 Å². The summed E-state index contributed by atoms with van der Waals surface area (Å²) in [6.07, 6.45) is 2.73. The molecule has 2 rings (SSSR count). The number of ether oxygens (including phenoxy) is 1. The standard InChI is InChI=1S/C17H23BFNO2S/c1-10-8-11(18)12(19)9-14(10)20-13-6-5-7-15(13)23-16(21)22-17(2,3)4/h8-9,15H,5-7,18H2,1-4H3/b20-13+. The predicted octanol–water partition coefficient (Wildman–Crippen LogP) is 3.69. The predicted molar refractivity (Wildman–Crippen MR) is 97.9 cm³/mol. The first-order valence-electron chi connectivity index (χ1n) is 7.89. The first-order valence-corrected chi connectivity index (χ1v) is 8.77. The van der Waals surface area contributed by atoms with Crippen molar-refractivity contribution >= 4 is 41.8 Å². The topological polar surface area (TPSA) is 38.7 Å². The molecule has 0 aromatic heterocycles. The first kappa shape index (κ1) is 18.0. The molecular weight excluding hydrogens is 312 g/mol. The van der Waals surface area contributed by atoms with Crippen LogP contribution in [0.3, 0.4) is 0 Å². The van der Waals surface area contributed by atoms with E-state index in [-0.39, 0.29) is 16.4 Å². The summed E-state index contributed by atoms with van der Waals surface area (Å²) in [5.41, 5.74) is 2.69. The van der Waals surface area contributed by atoms with E-state index in [0.717, 1.165) is 30.5 Å². The average molecular weight is 335 g/mol. The van der Waals surface area contributed by atoms with Gasteiger partial charge < -0.3 is 4.74 Å². The molecule has 1 unspecified atom stereocenters. The number of aryl methyl sites for hydroxylation is 1. The number of aliphatic imine (C=N–C) groups is 1. The van der Waals surface area contributed by atoms with E-state index in [4.69, 9.17) is 4.74 Å². The largest absolute Gasteiger partial charge is 0.452 e. The maximum atomic E-state index is 13.8. The maximum absolute atomic E-state index is 13.8. The van der Waals surface area contributed by atoms with Crippen LogP contribution in [0.1, 0.15) is 45.6 Å². The molecule has 0 radical (unpaired) electrons. The summed E-state index contributed by atoms with van der Waals surface area (Å²) in [6.45, 7) is 7.49. The zero-order valence-corrected chi connectivity index (χ0v) is 15.2. The molecule has 1 aromatic rings. The molecule has 3 nitrogen and oxygen atoms in total. The van der Waals surface area contributed by atoms with Crippen molar-refractivity contribution in [2.75, 3.05) is 0 Å². The highest BCUT2D eigenvalue weighted by Crippen LogP contribution is 2.32. The number of hydrogen-bond donors (Lipinski definition) is 0.